The normalized spacial score (nSPS) is 22.1. The van der Waals surface area contributed by atoms with Crippen molar-refractivity contribution in [3.63, 3.8) is 0 Å². The molecule has 2 heteroatoms. The van der Waals surface area contributed by atoms with Gasteiger partial charge in [-0.25, -0.2) is 0 Å². The topological polar surface area (TPSA) is 20.3 Å². The molecule has 0 aromatic heterocycles. The Balaban J connectivity index is 1.68. The molecule has 1 aromatic rings. The van der Waals surface area contributed by atoms with Gasteiger partial charge >= 0.3 is 0 Å². The Morgan fingerprint density at radius 3 is 2.19 bits per heavy atom. The molecule has 0 atom stereocenters. The van der Waals surface area contributed by atoms with E-state index < -0.39 is 0 Å². The summed E-state index contributed by atoms with van der Waals surface area (Å²) in [5, 5.41) is 0. The molecule has 1 spiro atoms. The smallest absolute Gasteiger partial charge is 0.253 e. The highest BCUT2D eigenvalue weighted by atomic mass is 16.2. The molecule has 2 nitrogen and oxygen atoms in total. The van der Waals surface area contributed by atoms with Crippen molar-refractivity contribution in [2.24, 2.45) is 5.41 Å². The van der Waals surface area contributed by atoms with Crippen LogP contribution in [-0.2, 0) is 0 Å². The highest BCUT2D eigenvalue weighted by Crippen LogP contribution is 2.53. The zero-order valence-corrected chi connectivity index (χ0v) is 9.48. The number of carbonyl (C=O) groups is 1. The fraction of sp³-hybridized carbons (Fsp3) is 0.500. The Kier molecular flexibility index (Phi) is 2.23. The van der Waals surface area contributed by atoms with E-state index in [-0.39, 0.29) is 5.91 Å². The van der Waals surface area contributed by atoms with Crippen molar-refractivity contribution in [3.8, 4) is 0 Å². The second kappa shape index (κ2) is 3.62. The van der Waals surface area contributed by atoms with E-state index in [1.807, 2.05) is 35.2 Å². The maximum Gasteiger partial charge on any atom is 0.253 e. The molecule has 0 radical (unpaired) electrons. The Hall–Kier alpha value is -1.31. The van der Waals surface area contributed by atoms with Crippen molar-refractivity contribution in [1.82, 2.24) is 4.90 Å². The van der Waals surface area contributed by atoms with Crippen LogP contribution in [0.5, 0.6) is 0 Å². The van der Waals surface area contributed by atoms with E-state index in [4.69, 9.17) is 0 Å². The van der Waals surface area contributed by atoms with Crippen LogP contribution in [0.4, 0.5) is 0 Å². The number of likely N-dealkylation sites (tertiary alicyclic amines) is 1. The number of hydrogen-bond acceptors (Lipinski definition) is 1. The van der Waals surface area contributed by atoms with Gasteiger partial charge in [-0.15, -0.1) is 0 Å². The highest BCUT2D eigenvalue weighted by molar-refractivity contribution is 5.94. The molecule has 1 saturated heterocycles. The molecule has 2 aliphatic rings. The lowest BCUT2D eigenvalue weighted by Crippen LogP contribution is -2.39. The van der Waals surface area contributed by atoms with Gasteiger partial charge in [0.15, 0.2) is 0 Å². The van der Waals surface area contributed by atoms with Crippen LogP contribution in [0, 0.1) is 5.41 Å². The molecule has 1 amide bonds. The van der Waals surface area contributed by atoms with Gasteiger partial charge in [0.25, 0.3) is 5.91 Å². The van der Waals surface area contributed by atoms with Gasteiger partial charge in [0.05, 0.1) is 0 Å². The molecule has 0 bridgehead atoms. The van der Waals surface area contributed by atoms with E-state index >= 15 is 0 Å². The molecular weight excluding hydrogens is 198 g/mol. The van der Waals surface area contributed by atoms with Crippen molar-refractivity contribution in [1.29, 1.82) is 0 Å². The summed E-state index contributed by atoms with van der Waals surface area (Å²) in [6, 6.07) is 9.62. The van der Waals surface area contributed by atoms with Crippen LogP contribution in [0.1, 0.15) is 36.0 Å². The van der Waals surface area contributed by atoms with Gasteiger partial charge in [0, 0.05) is 18.7 Å². The van der Waals surface area contributed by atoms with E-state index in [0.29, 0.717) is 5.41 Å². The number of benzene rings is 1. The minimum atomic E-state index is 0.205. The second-order valence-electron chi connectivity index (χ2n) is 5.16. The summed E-state index contributed by atoms with van der Waals surface area (Å²) in [5.41, 5.74) is 1.47. The quantitative estimate of drug-likeness (QED) is 0.705. The molecule has 16 heavy (non-hydrogen) atoms. The van der Waals surface area contributed by atoms with E-state index in [0.717, 1.165) is 18.7 Å². The summed E-state index contributed by atoms with van der Waals surface area (Å²) in [6.45, 7) is 1.90. The van der Waals surface area contributed by atoms with Crippen molar-refractivity contribution in [3.05, 3.63) is 35.9 Å². The first kappa shape index (κ1) is 9.88. The van der Waals surface area contributed by atoms with Gasteiger partial charge in [-0.1, -0.05) is 18.2 Å². The monoisotopic (exact) mass is 215 g/mol. The third-order valence-corrected chi connectivity index (χ3v) is 4.09. The third kappa shape index (κ3) is 1.73. The molecule has 0 unspecified atom stereocenters. The van der Waals surface area contributed by atoms with E-state index in [2.05, 4.69) is 0 Å². The summed E-state index contributed by atoms with van der Waals surface area (Å²) < 4.78 is 0. The number of hydrogen-bond donors (Lipinski definition) is 0. The molecule has 84 valence electrons. The summed E-state index contributed by atoms with van der Waals surface area (Å²) in [5.74, 6) is 0.205. The standard InChI is InChI=1S/C14H17NO/c16-13(12-4-2-1-3-5-12)15-10-8-14(6-7-14)9-11-15/h1-5H,6-11H2. The fourth-order valence-electron chi connectivity index (χ4n) is 2.62. The number of rotatable bonds is 1. The van der Waals surface area contributed by atoms with E-state index in [9.17, 15) is 4.79 Å². The van der Waals surface area contributed by atoms with E-state index in [1.54, 1.807) is 0 Å². The highest BCUT2D eigenvalue weighted by Gasteiger charge is 2.45. The number of nitrogens with zero attached hydrogens (tertiary/aromatic N) is 1. The van der Waals surface area contributed by atoms with Crippen molar-refractivity contribution in [2.75, 3.05) is 13.1 Å². The molecule has 1 aliphatic heterocycles. The maximum absolute atomic E-state index is 12.2. The number of carbonyl (C=O) groups excluding carboxylic acids is 1. The fourth-order valence-corrected chi connectivity index (χ4v) is 2.62. The van der Waals surface area contributed by atoms with Crippen LogP contribution in [0.25, 0.3) is 0 Å². The lowest BCUT2D eigenvalue weighted by atomic mass is 9.93. The van der Waals surface area contributed by atoms with Gasteiger partial charge in [0.2, 0.25) is 0 Å². The van der Waals surface area contributed by atoms with E-state index in [1.165, 1.54) is 25.7 Å². The Labute approximate surface area is 96.3 Å². The largest absolute Gasteiger partial charge is 0.339 e. The van der Waals surface area contributed by atoms with Crippen LogP contribution in [0.2, 0.25) is 0 Å². The average molecular weight is 215 g/mol. The van der Waals surface area contributed by atoms with Gasteiger partial charge in [-0.05, 0) is 43.2 Å². The zero-order valence-electron chi connectivity index (χ0n) is 9.48. The van der Waals surface area contributed by atoms with Crippen molar-refractivity contribution < 1.29 is 4.79 Å². The predicted molar refractivity (Wildman–Crippen MR) is 63.2 cm³/mol. The lowest BCUT2D eigenvalue weighted by Gasteiger charge is -2.32. The zero-order chi connectivity index (χ0) is 11.0. The number of piperidine rings is 1. The molecule has 1 aliphatic carbocycles. The minimum Gasteiger partial charge on any atom is -0.339 e. The Morgan fingerprint density at radius 2 is 1.62 bits per heavy atom. The lowest BCUT2D eigenvalue weighted by molar-refractivity contribution is 0.0678. The van der Waals surface area contributed by atoms with Crippen LogP contribution in [-0.4, -0.2) is 23.9 Å². The first-order valence-corrected chi connectivity index (χ1v) is 6.14. The summed E-state index contributed by atoms with van der Waals surface area (Å²) in [7, 11) is 0. The van der Waals surface area contributed by atoms with Gasteiger partial charge in [-0.2, -0.15) is 0 Å². The van der Waals surface area contributed by atoms with Gasteiger partial charge < -0.3 is 4.90 Å². The Morgan fingerprint density at radius 1 is 1.00 bits per heavy atom. The molecule has 2 fully saturated rings. The van der Waals surface area contributed by atoms with Crippen molar-refractivity contribution >= 4 is 5.91 Å². The number of amides is 1. The van der Waals surface area contributed by atoms with Crippen LogP contribution in [0.15, 0.2) is 30.3 Å². The van der Waals surface area contributed by atoms with Crippen LogP contribution < -0.4 is 0 Å². The van der Waals surface area contributed by atoms with Gasteiger partial charge in [0.1, 0.15) is 0 Å². The molecule has 3 rings (SSSR count). The SMILES string of the molecule is O=C(c1ccccc1)N1CCC2(CC1)CC2. The molecule has 1 saturated carbocycles. The summed E-state index contributed by atoms with van der Waals surface area (Å²) in [4.78, 5) is 14.2. The minimum absolute atomic E-state index is 0.205. The molecule has 1 heterocycles. The van der Waals surface area contributed by atoms with Crippen LogP contribution >= 0.6 is 0 Å². The third-order valence-electron chi connectivity index (χ3n) is 4.09. The Bertz CT molecular complexity index is 384. The second-order valence-corrected chi connectivity index (χ2v) is 5.16. The average Bonchev–Trinajstić information content (AvgIpc) is 3.10. The maximum atomic E-state index is 12.2. The molecule has 1 aromatic carbocycles. The van der Waals surface area contributed by atoms with Crippen molar-refractivity contribution in [2.45, 2.75) is 25.7 Å². The summed E-state index contributed by atoms with van der Waals surface area (Å²) >= 11 is 0. The summed E-state index contributed by atoms with van der Waals surface area (Å²) in [6.07, 6.45) is 5.21. The van der Waals surface area contributed by atoms with Gasteiger partial charge in [-0.3, -0.25) is 4.79 Å². The first-order valence-electron chi connectivity index (χ1n) is 6.14. The van der Waals surface area contributed by atoms with Crippen LogP contribution in [0.3, 0.4) is 0 Å². The molecule has 0 N–H and O–H groups in total. The predicted octanol–water partition coefficient (Wildman–Crippen LogP) is 2.70. The molecular formula is C14H17NO. The first-order chi connectivity index (χ1) is 7.79.